The lowest BCUT2D eigenvalue weighted by molar-refractivity contribution is 1.08. The maximum absolute atomic E-state index is 3.53. The molecule has 0 fully saturated rings. The van der Waals surface area contributed by atoms with Crippen LogP contribution in [0, 0.1) is 0 Å². The highest BCUT2D eigenvalue weighted by Crippen LogP contribution is 2.26. The van der Waals surface area contributed by atoms with Gasteiger partial charge in [0.15, 0.2) is 0 Å². The van der Waals surface area contributed by atoms with Crippen LogP contribution in [0.4, 0.5) is 5.69 Å². The zero-order valence-corrected chi connectivity index (χ0v) is 10.0. The molecule has 0 aromatic heterocycles. The standard InChI is InChI=1S/C11H16BrN/c1-4-8-6-10(12)7-9(5-2)11(8)13-3/h6-7,13H,4-5H2,1-3H3. The fourth-order valence-electron chi connectivity index (χ4n) is 1.60. The second kappa shape index (κ2) is 4.66. The molecular weight excluding hydrogens is 226 g/mol. The van der Waals surface area contributed by atoms with Crippen LogP contribution in [-0.4, -0.2) is 7.05 Å². The molecule has 1 nitrogen and oxygen atoms in total. The first-order chi connectivity index (χ1) is 6.22. The van der Waals surface area contributed by atoms with Crippen LogP contribution in [-0.2, 0) is 12.8 Å². The van der Waals surface area contributed by atoms with Crippen LogP contribution in [0.5, 0.6) is 0 Å². The summed E-state index contributed by atoms with van der Waals surface area (Å²) in [5.41, 5.74) is 4.07. The number of rotatable bonds is 3. The number of anilines is 1. The van der Waals surface area contributed by atoms with Gasteiger partial charge in [-0.2, -0.15) is 0 Å². The molecule has 1 aromatic carbocycles. The van der Waals surface area contributed by atoms with Crippen molar-refractivity contribution in [3.05, 3.63) is 27.7 Å². The van der Waals surface area contributed by atoms with Gasteiger partial charge in [0.2, 0.25) is 0 Å². The molecule has 13 heavy (non-hydrogen) atoms. The monoisotopic (exact) mass is 241 g/mol. The van der Waals surface area contributed by atoms with Crippen LogP contribution in [0.1, 0.15) is 25.0 Å². The summed E-state index contributed by atoms with van der Waals surface area (Å²) in [6.45, 7) is 4.37. The van der Waals surface area contributed by atoms with Crippen LogP contribution >= 0.6 is 15.9 Å². The molecule has 0 unspecified atom stereocenters. The Morgan fingerprint density at radius 1 is 1.15 bits per heavy atom. The van der Waals surface area contributed by atoms with Gasteiger partial charge in [0.25, 0.3) is 0 Å². The number of aryl methyl sites for hydroxylation is 2. The van der Waals surface area contributed by atoms with Crippen molar-refractivity contribution in [3.8, 4) is 0 Å². The van der Waals surface area contributed by atoms with Gasteiger partial charge in [0, 0.05) is 17.2 Å². The van der Waals surface area contributed by atoms with Gasteiger partial charge in [-0.05, 0) is 36.1 Å². The Balaban J connectivity index is 3.25. The molecule has 72 valence electrons. The highest BCUT2D eigenvalue weighted by atomic mass is 79.9. The van der Waals surface area contributed by atoms with Crippen molar-refractivity contribution in [2.24, 2.45) is 0 Å². The van der Waals surface area contributed by atoms with Crippen molar-refractivity contribution in [1.82, 2.24) is 0 Å². The minimum Gasteiger partial charge on any atom is -0.388 e. The van der Waals surface area contributed by atoms with Gasteiger partial charge in [0.1, 0.15) is 0 Å². The summed E-state index contributed by atoms with van der Waals surface area (Å²) in [5.74, 6) is 0. The summed E-state index contributed by atoms with van der Waals surface area (Å²) in [4.78, 5) is 0. The summed E-state index contributed by atoms with van der Waals surface area (Å²) in [6, 6.07) is 4.37. The first-order valence-electron chi connectivity index (χ1n) is 4.72. The molecule has 1 rings (SSSR count). The van der Waals surface area contributed by atoms with Crippen molar-refractivity contribution >= 4 is 21.6 Å². The minimum atomic E-state index is 1.07. The average molecular weight is 242 g/mol. The molecule has 0 radical (unpaired) electrons. The Hall–Kier alpha value is -0.500. The normalized spacial score (nSPS) is 10.2. The van der Waals surface area contributed by atoms with E-state index in [-0.39, 0.29) is 0 Å². The lowest BCUT2D eigenvalue weighted by atomic mass is 10.0. The van der Waals surface area contributed by atoms with E-state index in [0.29, 0.717) is 0 Å². The first-order valence-corrected chi connectivity index (χ1v) is 5.51. The SMILES string of the molecule is CCc1cc(Br)cc(CC)c1NC. The molecule has 0 saturated carbocycles. The second-order valence-electron chi connectivity index (χ2n) is 3.06. The Morgan fingerprint density at radius 3 is 1.92 bits per heavy atom. The highest BCUT2D eigenvalue weighted by Gasteiger charge is 2.05. The van der Waals surface area contributed by atoms with Crippen LogP contribution in [0.2, 0.25) is 0 Å². The molecular formula is C11H16BrN. The molecule has 1 aromatic rings. The average Bonchev–Trinajstić information content (AvgIpc) is 2.16. The summed E-state index contributed by atoms with van der Waals surface area (Å²) in [6.07, 6.45) is 2.14. The zero-order valence-electron chi connectivity index (χ0n) is 8.45. The van der Waals surface area contributed by atoms with Crippen LogP contribution in [0.25, 0.3) is 0 Å². The van der Waals surface area contributed by atoms with E-state index in [0.717, 1.165) is 12.8 Å². The molecule has 0 spiro atoms. The van der Waals surface area contributed by atoms with Crippen molar-refractivity contribution in [1.29, 1.82) is 0 Å². The first kappa shape index (κ1) is 10.6. The smallest absolute Gasteiger partial charge is 0.0403 e. The van der Waals surface area contributed by atoms with Gasteiger partial charge in [0.05, 0.1) is 0 Å². The van der Waals surface area contributed by atoms with Crippen molar-refractivity contribution < 1.29 is 0 Å². The Labute approximate surface area is 88.7 Å². The van der Waals surface area contributed by atoms with Gasteiger partial charge >= 0.3 is 0 Å². The summed E-state index contributed by atoms with van der Waals surface area (Å²) in [5, 5.41) is 3.27. The van der Waals surface area contributed by atoms with Crippen molar-refractivity contribution in [3.63, 3.8) is 0 Å². The van der Waals surface area contributed by atoms with E-state index in [4.69, 9.17) is 0 Å². The van der Waals surface area contributed by atoms with E-state index in [1.165, 1.54) is 21.3 Å². The Bertz CT molecular complexity index is 269. The van der Waals surface area contributed by atoms with Gasteiger partial charge in [-0.3, -0.25) is 0 Å². The lowest BCUT2D eigenvalue weighted by Crippen LogP contribution is -1.99. The van der Waals surface area contributed by atoms with Gasteiger partial charge in [-0.15, -0.1) is 0 Å². The number of nitrogens with one attached hydrogen (secondary N) is 1. The van der Waals surface area contributed by atoms with Crippen LogP contribution in [0.3, 0.4) is 0 Å². The quantitative estimate of drug-likeness (QED) is 0.853. The molecule has 0 amide bonds. The Kier molecular flexibility index (Phi) is 3.79. The number of halogens is 1. The molecule has 0 saturated heterocycles. The number of benzene rings is 1. The molecule has 0 aliphatic carbocycles. The van der Waals surface area contributed by atoms with E-state index in [9.17, 15) is 0 Å². The molecule has 1 N–H and O–H groups in total. The maximum Gasteiger partial charge on any atom is 0.0403 e. The molecule has 0 aliphatic heterocycles. The van der Waals surface area contributed by atoms with Crippen molar-refractivity contribution in [2.45, 2.75) is 26.7 Å². The highest BCUT2D eigenvalue weighted by molar-refractivity contribution is 9.10. The maximum atomic E-state index is 3.53. The number of hydrogen-bond acceptors (Lipinski definition) is 1. The van der Waals surface area contributed by atoms with E-state index in [2.05, 4.69) is 47.2 Å². The third kappa shape index (κ3) is 2.25. The fraction of sp³-hybridized carbons (Fsp3) is 0.455. The Morgan fingerprint density at radius 2 is 1.62 bits per heavy atom. The van der Waals surface area contributed by atoms with Gasteiger partial charge in [-0.1, -0.05) is 29.8 Å². The molecule has 2 heteroatoms. The summed E-state index contributed by atoms with van der Waals surface area (Å²) >= 11 is 3.53. The van der Waals surface area contributed by atoms with E-state index >= 15 is 0 Å². The van der Waals surface area contributed by atoms with Crippen LogP contribution < -0.4 is 5.32 Å². The molecule has 0 bridgehead atoms. The minimum absolute atomic E-state index is 1.07. The number of hydrogen-bond donors (Lipinski definition) is 1. The lowest BCUT2D eigenvalue weighted by Gasteiger charge is -2.13. The topological polar surface area (TPSA) is 12.0 Å². The van der Waals surface area contributed by atoms with Crippen molar-refractivity contribution in [2.75, 3.05) is 12.4 Å². The van der Waals surface area contributed by atoms with E-state index in [1.54, 1.807) is 0 Å². The van der Waals surface area contributed by atoms with Gasteiger partial charge < -0.3 is 5.32 Å². The van der Waals surface area contributed by atoms with Crippen LogP contribution in [0.15, 0.2) is 16.6 Å². The summed E-state index contributed by atoms with van der Waals surface area (Å²) < 4.78 is 1.18. The van der Waals surface area contributed by atoms with E-state index in [1.807, 2.05) is 7.05 Å². The van der Waals surface area contributed by atoms with E-state index < -0.39 is 0 Å². The molecule has 0 atom stereocenters. The third-order valence-electron chi connectivity index (χ3n) is 2.28. The zero-order chi connectivity index (χ0) is 9.84. The molecule has 0 aliphatic rings. The summed E-state index contributed by atoms with van der Waals surface area (Å²) in [7, 11) is 1.99. The van der Waals surface area contributed by atoms with Gasteiger partial charge in [-0.25, -0.2) is 0 Å². The molecule has 0 heterocycles. The largest absolute Gasteiger partial charge is 0.388 e. The second-order valence-corrected chi connectivity index (χ2v) is 3.97. The third-order valence-corrected chi connectivity index (χ3v) is 2.74. The fourth-order valence-corrected chi connectivity index (χ4v) is 2.16. The predicted octanol–water partition coefficient (Wildman–Crippen LogP) is 3.62. The predicted molar refractivity (Wildman–Crippen MR) is 62.4 cm³/mol.